The first kappa shape index (κ1) is 22.1. The van der Waals surface area contributed by atoms with E-state index in [1.165, 1.54) is 6.07 Å². The third-order valence-electron chi connectivity index (χ3n) is 3.72. The number of aromatic hydroxyl groups is 1. The maximum Gasteiger partial charge on any atom is 0.191 e. The van der Waals surface area contributed by atoms with E-state index in [0.717, 1.165) is 11.6 Å². The molecule has 2 aromatic rings. The quantitative estimate of drug-likeness (QED) is 0.335. The molecule has 0 spiro atoms. The Balaban J connectivity index is 0.00000338. The van der Waals surface area contributed by atoms with Crippen molar-refractivity contribution in [3.63, 3.8) is 0 Å². The highest BCUT2D eigenvalue weighted by Gasteiger charge is 2.10. The number of phenols is 1. The van der Waals surface area contributed by atoms with Gasteiger partial charge in [-0.1, -0.05) is 18.2 Å². The fourth-order valence-electron chi connectivity index (χ4n) is 2.40. The number of aliphatic imine (C=N–C) groups is 1. The molecule has 26 heavy (non-hydrogen) atoms. The topological polar surface area (TPSA) is 56.7 Å². The minimum absolute atomic E-state index is 0. The van der Waals surface area contributed by atoms with Crippen LogP contribution in [0.4, 0.5) is 8.78 Å². The highest BCUT2D eigenvalue weighted by Crippen LogP contribution is 2.16. The van der Waals surface area contributed by atoms with Gasteiger partial charge in [0.25, 0.3) is 0 Å². The summed E-state index contributed by atoms with van der Waals surface area (Å²) in [6.45, 7) is 5.02. The van der Waals surface area contributed by atoms with E-state index in [0.29, 0.717) is 31.0 Å². The van der Waals surface area contributed by atoms with E-state index in [-0.39, 0.29) is 35.8 Å². The van der Waals surface area contributed by atoms with Crippen molar-refractivity contribution in [1.82, 2.24) is 10.6 Å². The van der Waals surface area contributed by atoms with Gasteiger partial charge in [0.15, 0.2) is 17.6 Å². The van der Waals surface area contributed by atoms with E-state index in [1.54, 1.807) is 24.3 Å². The molecule has 0 saturated carbocycles. The minimum atomic E-state index is -0.864. The molecule has 2 aromatic carbocycles. The Morgan fingerprint density at radius 3 is 2.58 bits per heavy atom. The Morgan fingerprint density at radius 2 is 1.92 bits per heavy atom. The van der Waals surface area contributed by atoms with Crippen molar-refractivity contribution in [3.8, 4) is 5.75 Å². The molecular weight excluding hydrogens is 451 g/mol. The summed E-state index contributed by atoms with van der Waals surface area (Å²) in [5.41, 5.74) is 1.63. The number of halogens is 3. The molecule has 0 radical (unpaired) electrons. The van der Waals surface area contributed by atoms with Crippen LogP contribution >= 0.6 is 24.0 Å². The summed E-state index contributed by atoms with van der Waals surface area (Å²) in [5.74, 6) is -0.891. The average molecular weight is 475 g/mol. The van der Waals surface area contributed by atoms with Crippen molar-refractivity contribution >= 4 is 29.9 Å². The van der Waals surface area contributed by atoms with Crippen LogP contribution in [0.1, 0.15) is 31.0 Å². The van der Waals surface area contributed by atoms with Crippen molar-refractivity contribution in [3.05, 3.63) is 65.2 Å². The summed E-state index contributed by atoms with van der Waals surface area (Å²) < 4.78 is 26.4. The monoisotopic (exact) mass is 475 g/mol. The zero-order valence-corrected chi connectivity index (χ0v) is 17.1. The summed E-state index contributed by atoms with van der Waals surface area (Å²) in [7, 11) is 0. The van der Waals surface area contributed by atoms with Crippen LogP contribution in [0.25, 0.3) is 0 Å². The van der Waals surface area contributed by atoms with Crippen LogP contribution < -0.4 is 10.6 Å². The van der Waals surface area contributed by atoms with E-state index in [4.69, 9.17) is 0 Å². The second-order valence-corrected chi connectivity index (χ2v) is 5.72. The molecule has 142 valence electrons. The normalized spacial score (nSPS) is 12.2. The molecule has 0 fully saturated rings. The number of rotatable bonds is 6. The lowest BCUT2D eigenvalue weighted by molar-refractivity contribution is 0.474. The summed E-state index contributed by atoms with van der Waals surface area (Å²) in [6, 6.07) is 10.7. The second kappa shape index (κ2) is 10.9. The van der Waals surface area contributed by atoms with Gasteiger partial charge in [0.2, 0.25) is 0 Å². The fraction of sp³-hybridized carbons (Fsp3) is 0.316. The Labute approximate surface area is 169 Å². The highest BCUT2D eigenvalue weighted by molar-refractivity contribution is 14.0. The maximum atomic E-state index is 13.4. The number of nitrogens with one attached hydrogen (secondary N) is 2. The summed E-state index contributed by atoms with van der Waals surface area (Å²) in [5, 5.41) is 15.8. The third-order valence-corrected chi connectivity index (χ3v) is 3.72. The lowest BCUT2D eigenvalue weighted by Gasteiger charge is -2.18. The predicted molar refractivity (Wildman–Crippen MR) is 111 cm³/mol. The summed E-state index contributed by atoms with van der Waals surface area (Å²) in [4.78, 5) is 4.49. The number of guanidine groups is 1. The van der Waals surface area contributed by atoms with Crippen molar-refractivity contribution in [2.24, 2.45) is 4.99 Å². The SMILES string of the molecule is CCNC(=NCCc1cccc(O)c1)NC(C)c1ccc(F)c(F)c1.I. The largest absolute Gasteiger partial charge is 0.508 e. The first-order chi connectivity index (χ1) is 12.0. The van der Waals surface area contributed by atoms with E-state index in [1.807, 2.05) is 19.9 Å². The van der Waals surface area contributed by atoms with Gasteiger partial charge in [-0.15, -0.1) is 24.0 Å². The van der Waals surface area contributed by atoms with Crippen LogP contribution in [0.3, 0.4) is 0 Å². The zero-order chi connectivity index (χ0) is 18.2. The van der Waals surface area contributed by atoms with Gasteiger partial charge in [-0.2, -0.15) is 0 Å². The Hall–Kier alpha value is -1.90. The molecule has 7 heteroatoms. The molecular formula is C19H24F2IN3O. The van der Waals surface area contributed by atoms with Crippen LogP contribution in [0, 0.1) is 11.6 Å². The number of hydrogen-bond donors (Lipinski definition) is 3. The van der Waals surface area contributed by atoms with Crippen LogP contribution in [0.2, 0.25) is 0 Å². The lowest BCUT2D eigenvalue weighted by Crippen LogP contribution is -2.39. The Morgan fingerprint density at radius 1 is 1.15 bits per heavy atom. The molecule has 1 unspecified atom stereocenters. The summed E-state index contributed by atoms with van der Waals surface area (Å²) in [6.07, 6.45) is 0.685. The standard InChI is InChI=1S/C19H23F2N3O.HI/c1-3-22-19(23-10-9-14-5-4-6-16(25)11-14)24-13(2)15-7-8-17(20)18(21)12-15;/h4-8,11-13,25H,3,9-10H2,1-2H3,(H2,22,23,24);1H. The molecule has 0 aliphatic carbocycles. The van der Waals surface area contributed by atoms with Crippen molar-refractivity contribution in [1.29, 1.82) is 0 Å². The van der Waals surface area contributed by atoms with Gasteiger partial charge in [0.1, 0.15) is 5.75 Å². The number of hydrogen-bond acceptors (Lipinski definition) is 2. The molecule has 0 aromatic heterocycles. The average Bonchev–Trinajstić information content (AvgIpc) is 2.57. The maximum absolute atomic E-state index is 13.4. The van der Waals surface area contributed by atoms with E-state index >= 15 is 0 Å². The lowest BCUT2D eigenvalue weighted by atomic mass is 10.1. The van der Waals surface area contributed by atoms with Gasteiger partial charge in [-0.25, -0.2) is 8.78 Å². The Bertz CT molecular complexity index is 740. The molecule has 0 amide bonds. The van der Waals surface area contributed by atoms with Crippen molar-refractivity contribution < 1.29 is 13.9 Å². The van der Waals surface area contributed by atoms with Crippen LogP contribution in [-0.2, 0) is 6.42 Å². The number of benzene rings is 2. The van der Waals surface area contributed by atoms with Crippen molar-refractivity contribution in [2.45, 2.75) is 26.3 Å². The van der Waals surface area contributed by atoms with Gasteiger partial charge >= 0.3 is 0 Å². The van der Waals surface area contributed by atoms with Crippen LogP contribution in [-0.4, -0.2) is 24.2 Å². The third kappa shape index (κ3) is 6.78. The predicted octanol–water partition coefficient (Wildman–Crippen LogP) is 4.15. The highest BCUT2D eigenvalue weighted by atomic mass is 127. The molecule has 0 aliphatic heterocycles. The molecule has 1 atom stereocenters. The van der Waals surface area contributed by atoms with Crippen LogP contribution in [0.15, 0.2) is 47.5 Å². The molecule has 0 bridgehead atoms. The van der Waals surface area contributed by atoms with Crippen molar-refractivity contribution in [2.75, 3.05) is 13.1 Å². The molecule has 0 saturated heterocycles. The van der Waals surface area contributed by atoms with E-state index in [2.05, 4.69) is 15.6 Å². The number of nitrogens with zero attached hydrogens (tertiary/aromatic N) is 1. The summed E-state index contributed by atoms with van der Waals surface area (Å²) >= 11 is 0. The van der Waals surface area contributed by atoms with E-state index < -0.39 is 11.6 Å². The smallest absolute Gasteiger partial charge is 0.191 e. The second-order valence-electron chi connectivity index (χ2n) is 5.72. The fourth-order valence-corrected chi connectivity index (χ4v) is 2.40. The van der Waals surface area contributed by atoms with Crippen LogP contribution in [0.5, 0.6) is 5.75 Å². The first-order valence-corrected chi connectivity index (χ1v) is 8.27. The van der Waals surface area contributed by atoms with Gasteiger partial charge in [-0.3, -0.25) is 4.99 Å². The van der Waals surface area contributed by atoms with Gasteiger partial charge in [-0.05, 0) is 55.7 Å². The molecule has 0 aliphatic rings. The molecule has 0 heterocycles. The van der Waals surface area contributed by atoms with Gasteiger partial charge in [0.05, 0.1) is 6.04 Å². The molecule has 2 rings (SSSR count). The Kier molecular flexibility index (Phi) is 9.32. The van der Waals surface area contributed by atoms with Gasteiger partial charge < -0.3 is 15.7 Å². The molecule has 4 nitrogen and oxygen atoms in total. The van der Waals surface area contributed by atoms with Gasteiger partial charge in [0, 0.05) is 13.1 Å². The van der Waals surface area contributed by atoms with E-state index in [9.17, 15) is 13.9 Å². The minimum Gasteiger partial charge on any atom is -0.508 e. The first-order valence-electron chi connectivity index (χ1n) is 8.27. The molecule has 3 N–H and O–H groups in total. The number of phenolic OH excluding ortho intramolecular Hbond substituents is 1. The zero-order valence-electron chi connectivity index (χ0n) is 14.8.